The molecular formula is C8H16N2Si. The number of aromatic nitrogens is 1. The average molecular weight is 168 g/mol. The Morgan fingerprint density at radius 3 is 2.82 bits per heavy atom. The highest BCUT2D eigenvalue weighted by Crippen LogP contribution is 1.89. The van der Waals surface area contributed by atoms with Crippen molar-refractivity contribution in [3.8, 4) is 0 Å². The molecular weight excluding hydrogens is 152 g/mol. The minimum atomic E-state index is 0.436. The van der Waals surface area contributed by atoms with Gasteiger partial charge in [-0.25, -0.2) is 0 Å². The molecule has 62 valence electrons. The molecule has 0 amide bonds. The summed E-state index contributed by atoms with van der Waals surface area (Å²) in [5.41, 5.74) is 2.27. The number of rotatable bonds is 4. The summed E-state index contributed by atoms with van der Waals surface area (Å²) < 4.78 is 2.42. The van der Waals surface area contributed by atoms with Crippen molar-refractivity contribution < 1.29 is 0 Å². The number of aryl methyl sites for hydroxylation is 1. The van der Waals surface area contributed by atoms with Crippen LogP contribution in [-0.2, 0) is 6.54 Å². The van der Waals surface area contributed by atoms with Gasteiger partial charge in [-0.3, -0.25) is 0 Å². The van der Waals surface area contributed by atoms with Crippen LogP contribution in [0.15, 0.2) is 17.9 Å². The molecule has 0 N–H and O–H groups in total. The highest BCUT2D eigenvalue weighted by Gasteiger charge is 1.90. The Balaban J connectivity index is 2.14. The number of hydrogen-bond donors (Lipinski definition) is 0. The first kappa shape index (κ1) is 8.68. The van der Waals surface area contributed by atoms with E-state index in [4.69, 9.17) is 0 Å². The van der Waals surface area contributed by atoms with Gasteiger partial charge in [0.1, 0.15) is 9.29 Å². The lowest BCUT2D eigenvalue weighted by Gasteiger charge is -2.09. The summed E-state index contributed by atoms with van der Waals surface area (Å²) in [5, 5.41) is 0. The van der Waals surface area contributed by atoms with Gasteiger partial charge in [0.25, 0.3) is 0 Å². The second-order valence-corrected chi connectivity index (χ2v) is 4.42. The predicted molar refractivity (Wildman–Crippen MR) is 50.3 cm³/mol. The molecule has 0 aromatic carbocycles. The van der Waals surface area contributed by atoms with Crippen LogP contribution in [0.2, 0.25) is 0 Å². The Morgan fingerprint density at radius 1 is 1.45 bits per heavy atom. The van der Waals surface area contributed by atoms with Gasteiger partial charge in [-0.1, -0.05) is 5.68 Å². The standard InChI is InChI=1S/C8H16N2Si/c1-9(2)5-3-6-10-7-4-8-11-10/h4,7-8,11H,3,5-6H2,1-2H3. The Morgan fingerprint density at radius 2 is 2.27 bits per heavy atom. The van der Waals surface area contributed by atoms with E-state index < -0.39 is 0 Å². The first-order valence-corrected chi connectivity index (χ1v) is 5.23. The molecule has 2 nitrogen and oxygen atoms in total. The molecule has 0 unspecified atom stereocenters. The van der Waals surface area contributed by atoms with Crippen LogP contribution in [0.1, 0.15) is 6.42 Å². The summed E-state index contributed by atoms with van der Waals surface area (Å²) in [5.74, 6) is 0. The van der Waals surface area contributed by atoms with Crippen molar-refractivity contribution in [1.29, 1.82) is 0 Å². The van der Waals surface area contributed by atoms with E-state index in [2.05, 4.69) is 41.2 Å². The molecule has 1 heterocycles. The van der Waals surface area contributed by atoms with E-state index in [9.17, 15) is 0 Å². The van der Waals surface area contributed by atoms with E-state index >= 15 is 0 Å². The molecule has 0 spiro atoms. The molecule has 1 rings (SSSR count). The Kier molecular flexibility index (Phi) is 3.52. The van der Waals surface area contributed by atoms with Crippen LogP contribution in [0.4, 0.5) is 0 Å². The van der Waals surface area contributed by atoms with E-state index in [-0.39, 0.29) is 0 Å². The zero-order chi connectivity index (χ0) is 8.10. The monoisotopic (exact) mass is 168 g/mol. The van der Waals surface area contributed by atoms with Crippen molar-refractivity contribution in [1.82, 2.24) is 9.12 Å². The van der Waals surface area contributed by atoms with E-state index in [1.807, 2.05) is 0 Å². The Hall–Kier alpha value is -0.413. The molecule has 0 atom stereocenters. The van der Waals surface area contributed by atoms with Crippen LogP contribution in [-0.4, -0.2) is 39.1 Å². The molecule has 0 bridgehead atoms. The highest BCUT2D eigenvalue weighted by atomic mass is 28.2. The molecule has 0 saturated heterocycles. The minimum Gasteiger partial charge on any atom is -0.386 e. The third-order valence-electron chi connectivity index (χ3n) is 1.69. The van der Waals surface area contributed by atoms with Crippen molar-refractivity contribution in [2.24, 2.45) is 0 Å². The fraction of sp³-hybridized carbons (Fsp3) is 0.625. The van der Waals surface area contributed by atoms with Crippen LogP contribution in [0.3, 0.4) is 0 Å². The molecule has 0 aliphatic rings. The van der Waals surface area contributed by atoms with Crippen LogP contribution in [0.5, 0.6) is 0 Å². The summed E-state index contributed by atoms with van der Waals surface area (Å²) in [6, 6.07) is 2.16. The van der Waals surface area contributed by atoms with Gasteiger partial charge in [0.2, 0.25) is 0 Å². The number of hydrogen-bond acceptors (Lipinski definition) is 1. The number of nitrogens with zero attached hydrogens (tertiary/aromatic N) is 2. The second kappa shape index (κ2) is 4.46. The van der Waals surface area contributed by atoms with Crippen molar-refractivity contribution in [3.63, 3.8) is 0 Å². The first-order valence-electron chi connectivity index (χ1n) is 4.04. The van der Waals surface area contributed by atoms with Crippen LogP contribution in [0, 0.1) is 0 Å². The zero-order valence-corrected chi connectivity index (χ0v) is 8.48. The predicted octanol–water partition coefficient (Wildman–Crippen LogP) is 0.510. The molecule has 0 aliphatic heterocycles. The Labute approximate surface area is 70.7 Å². The highest BCUT2D eigenvalue weighted by molar-refractivity contribution is 6.21. The molecule has 0 radical (unpaired) electrons. The summed E-state index contributed by atoms with van der Waals surface area (Å²) >= 11 is 0. The SMILES string of the molecule is CN(C)CCCn1ccc[siH]1. The summed E-state index contributed by atoms with van der Waals surface area (Å²) in [7, 11) is 4.68. The van der Waals surface area contributed by atoms with Gasteiger partial charge >= 0.3 is 0 Å². The summed E-state index contributed by atoms with van der Waals surface area (Å²) in [6.45, 7) is 2.42. The molecule has 0 fully saturated rings. The fourth-order valence-electron chi connectivity index (χ4n) is 1.09. The molecule has 1 aromatic heterocycles. The van der Waals surface area contributed by atoms with Gasteiger partial charge in [-0.05, 0) is 39.3 Å². The summed E-state index contributed by atoms with van der Waals surface area (Å²) in [4.78, 5) is 2.23. The normalized spacial score (nSPS) is 10.8. The quantitative estimate of drug-likeness (QED) is 0.595. The zero-order valence-electron chi connectivity index (χ0n) is 7.33. The van der Waals surface area contributed by atoms with E-state index in [1.165, 1.54) is 19.5 Å². The smallest absolute Gasteiger partial charge is 0.111 e. The average Bonchev–Trinajstić information content (AvgIpc) is 2.39. The lowest BCUT2D eigenvalue weighted by molar-refractivity contribution is 0.389. The topological polar surface area (TPSA) is 8.17 Å². The molecule has 11 heavy (non-hydrogen) atoms. The minimum absolute atomic E-state index is 0.436. The van der Waals surface area contributed by atoms with E-state index in [0.717, 1.165) is 0 Å². The van der Waals surface area contributed by atoms with Crippen LogP contribution in [0.25, 0.3) is 0 Å². The molecule has 3 heteroatoms. The first-order chi connectivity index (χ1) is 5.29. The maximum absolute atomic E-state index is 2.42. The van der Waals surface area contributed by atoms with Crippen LogP contribution >= 0.6 is 0 Å². The van der Waals surface area contributed by atoms with Crippen molar-refractivity contribution >= 4 is 9.29 Å². The van der Waals surface area contributed by atoms with Gasteiger partial charge in [0, 0.05) is 6.54 Å². The lowest BCUT2D eigenvalue weighted by atomic mass is 10.4. The third kappa shape index (κ3) is 3.48. The lowest BCUT2D eigenvalue weighted by Crippen LogP contribution is -2.15. The van der Waals surface area contributed by atoms with Gasteiger partial charge < -0.3 is 9.12 Å². The van der Waals surface area contributed by atoms with Crippen LogP contribution < -0.4 is 0 Å². The second-order valence-electron chi connectivity index (χ2n) is 3.08. The van der Waals surface area contributed by atoms with Gasteiger partial charge in [0.15, 0.2) is 0 Å². The molecule has 0 aliphatic carbocycles. The third-order valence-corrected chi connectivity index (χ3v) is 2.90. The summed E-state index contributed by atoms with van der Waals surface area (Å²) in [6.07, 6.45) is 3.48. The Bertz CT molecular complexity index is 182. The van der Waals surface area contributed by atoms with Gasteiger partial charge in [-0.15, -0.1) is 0 Å². The molecule has 0 saturated carbocycles. The largest absolute Gasteiger partial charge is 0.386 e. The molecule has 1 aromatic rings. The van der Waals surface area contributed by atoms with Crippen molar-refractivity contribution in [3.05, 3.63) is 17.9 Å². The maximum Gasteiger partial charge on any atom is 0.111 e. The van der Waals surface area contributed by atoms with Crippen molar-refractivity contribution in [2.45, 2.75) is 13.0 Å². The maximum atomic E-state index is 2.42. The van der Waals surface area contributed by atoms with Gasteiger partial charge in [0.05, 0.1) is 0 Å². The van der Waals surface area contributed by atoms with Gasteiger partial charge in [-0.2, -0.15) is 0 Å². The van der Waals surface area contributed by atoms with Crippen molar-refractivity contribution in [2.75, 3.05) is 20.6 Å². The fourth-order valence-corrected chi connectivity index (χ4v) is 2.04. The van der Waals surface area contributed by atoms with E-state index in [0.29, 0.717) is 9.29 Å². The van der Waals surface area contributed by atoms with E-state index in [1.54, 1.807) is 0 Å².